The molecule has 1 fully saturated rings. The number of hydrogen-bond acceptors (Lipinski definition) is 1. The lowest BCUT2D eigenvalue weighted by atomic mass is 9.74. The lowest BCUT2D eigenvalue weighted by Gasteiger charge is -2.34. The molecular weight excluding hydrogens is 292 g/mol. The summed E-state index contributed by atoms with van der Waals surface area (Å²) in [4.78, 5) is 0. The maximum Gasteiger partial charge on any atom is 0.0631 e. The highest BCUT2D eigenvalue weighted by atomic mass is 16.3. The molecule has 1 N–H and O–H groups in total. The number of rotatable bonds is 7. The minimum Gasteiger partial charge on any atom is -0.392 e. The Bertz CT molecular complexity index is 412. The van der Waals surface area contributed by atoms with E-state index in [1.54, 1.807) is 0 Å². The molecule has 0 aromatic carbocycles. The lowest BCUT2D eigenvalue weighted by molar-refractivity contribution is 0.0611. The highest BCUT2D eigenvalue weighted by molar-refractivity contribution is 5.29. The summed E-state index contributed by atoms with van der Waals surface area (Å²) in [6, 6.07) is 0. The van der Waals surface area contributed by atoms with Gasteiger partial charge < -0.3 is 5.11 Å². The number of aliphatic hydroxyl groups excluding tert-OH is 1. The van der Waals surface area contributed by atoms with Crippen LogP contribution in [-0.4, -0.2) is 11.2 Å². The Morgan fingerprint density at radius 2 is 1.96 bits per heavy atom. The van der Waals surface area contributed by atoms with Gasteiger partial charge in [-0.15, -0.1) is 0 Å². The topological polar surface area (TPSA) is 20.2 Å². The van der Waals surface area contributed by atoms with Gasteiger partial charge in [0.2, 0.25) is 0 Å². The lowest BCUT2D eigenvalue weighted by Crippen LogP contribution is -2.31. The molecule has 2 aliphatic rings. The standard InChI is InChI=1S/C17H28O.C6H12/c1-3-4-9-16(18)17(2)12-10-15(11-13-17)14-7-5-6-8-14;1-3-5-6-4-2/h10-12,14,16,18H,3-9,13H2,1-2H3;3,5H,4,6H2,1-2H3/b;5-3-. The third-order valence-electron chi connectivity index (χ3n) is 5.54. The molecule has 0 aliphatic heterocycles. The zero-order valence-corrected chi connectivity index (χ0v) is 16.6. The average Bonchev–Trinajstić information content (AvgIpc) is 3.13. The van der Waals surface area contributed by atoms with E-state index in [4.69, 9.17) is 0 Å². The monoisotopic (exact) mass is 332 g/mol. The summed E-state index contributed by atoms with van der Waals surface area (Å²) < 4.78 is 0. The van der Waals surface area contributed by atoms with Crippen molar-refractivity contribution in [2.24, 2.45) is 11.3 Å². The Labute approximate surface area is 150 Å². The molecule has 0 spiro atoms. The molecule has 0 bridgehead atoms. The van der Waals surface area contributed by atoms with E-state index in [0.717, 1.165) is 25.2 Å². The summed E-state index contributed by atoms with van der Waals surface area (Å²) in [5.74, 6) is 0.804. The Morgan fingerprint density at radius 3 is 2.42 bits per heavy atom. The van der Waals surface area contributed by atoms with Crippen molar-refractivity contribution in [3.8, 4) is 0 Å². The summed E-state index contributed by atoms with van der Waals surface area (Å²) in [5, 5.41) is 10.3. The Morgan fingerprint density at radius 1 is 1.25 bits per heavy atom. The summed E-state index contributed by atoms with van der Waals surface area (Å²) in [7, 11) is 0. The van der Waals surface area contributed by atoms with Crippen molar-refractivity contribution in [1.82, 2.24) is 0 Å². The second kappa shape index (κ2) is 11.7. The molecular formula is C23H40O. The van der Waals surface area contributed by atoms with Crippen molar-refractivity contribution in [2.45, 2.75) is 98.0 Å². The van der Waals surface area contributed by atoms with E-state index < -0.39 is 0 Å². The van der Waals surface area contributed by atoms with Crippen LogP contribution >= 0.6 is 0 Å². The van der Waals surface area contributed by atoms with Crippen LogP contribution in [0.3, 0.4) is 0 Å². The zero-order valence-electron chi connectivity index (χ0n) is 16.6. The molecule has 0 radical (unpaired) electrons. The molecule has 0 heterocycles. The van der Waals surface area contributed by atoms with E-state index in [-0.39, 0.29) is 11.5 Å². The molecule has 0 aromatic heterocycles. The number of allylic oxidation sites excluding steroid dienone is 5. The third kappa shape index (κ3) is 6.97. The minimum absolute atomic E-state index is 0.0305. The van der Waals surface area contributed by atoms with Crippen LogP contribution < -0.4 is 0 Å². The first-order valence-electron chi connectivity index (χ1n) is 10.3. The van der Waals surface area contributed by atoms with Crippen LogP contribution in [0.5, 0.6) is 0 Å². The van der Waals surface area contributed by atoms with Gasteiger partial charge in [-0.25, -0.2) is 0 Å². The molecule has 1 heteroatoms. The van der Waals surface area contributed by atoms with Gasteiger partial charge >= 0.3 is 0 Å². The van der Waals surface area contributed by atoms with Crippen LogP contribution in [0.4, 0.5) is 0 Å². The van der Waals surface area contributed by atoms with Gasteiger partial charge in [-0.2, -0.15) is 0 Å². The van der Waals surface area contributed by atoms with E-state index in [0.29, 0.717) is 0 Å². The average molecular weight is 333 g/mol. The van der Waals surface area contributed by atoms with Crippen LogP contribution in [0.15, 0.2) is 36.0 Å². The summed E-state index contributed by atoms with van der Waals surface area (Å²) in [6.07, 6.45) is 23.3. The van der Waals surface area contributed by atoms with Crippen molar-refractivity contribution in [2.75, 3.05) is 0 Å². The maximum atomic E-state index is 10.3. The third-order valence-corrected chi connectivity index (χ3v) is 5.54. The van der Waals surface area contributed by atoms with E-state index in [9.17, 15) is 5.11 Å². The summed E-state index contributed by atoms with van der Waals surface area (Å²) in [6.45, 7) is 8.62. The van der Waals surface area contributed by atoms with Gasteiger partial charge in [0.05, 0.1) is 6.10 Å². The van der Waals surface area contributed by atoms with E-state index in [1.165, 1.54) is 50.5 Å². The maximum absolute atomic E-state index is 10.3. The Hall–Kier alpha value is -0.820. The van der Waals surface area contributed by atoms with Gasteiger partial charge in [0, 0.05) is 5.41 Å². The molecule has 0 aromatic rings. The van der Waals surface area contributed by atoms with Gasteiger partial charge in [-0.05, 0) is 50.5 Å². The normalized spacial score (nSPS) is 25.5. The molecule has 1 saturated carbocycles. The number of unbranched alkanes of at least 4 members (excludes halogenated alkanes) is 2. The first-order valence-corrected chi connectivity index (χ1v) is 10.3. The molecule has 0 amide bonds. The molecule has 2 unspecified atom stereocenters. The Kier molecular flexibility index (Phi) is 10.3. The fraction of sp³-hybridized carbons (Fsp3) is 0.739. The summed E-state index contributed by atoms with van der Waals surface area (Å²) >= 11 is 0. The molecule has 0 saturated heterocycles. The Balaban J connectivity index is 0.000000413. The molecule has 24 heavy (non-hydrogen) atoms. The van der Waals surface area contributed by atoms with Crippen LogP contribution in [0.2, 0.25) is 0 Å². The molecule has 2 rings (SSSR count). The predicted molar refractivity (Wildman–Crippen MR) is 107 cm³/mol. The van der Waals surface area contributed by atoms with Crippen LogP contribution in [0, 0.1) is 11.3 Å². The first-order chi connectivity index (χ1) is 11.6. The van der Waals surface area contributed by atoms with Crippen molar-refractivity contribution in [3.05, 3.63) is 36.0 Å². The van der Waals surface area contributed by atoms with Crippen molar-refractivity contribution >= 4 is 0 Å². The smallest absolute Gasteiger partial charge is 0.0631 e. The van der Waals surface area contributed by atoms with Crippen molar-refractivity contribution in [3.63, 3.8) is 0 Å². The molecule has 2 atom stereocenters. The predicted octanol–water partition coefficient (Wildman–Crippen LogP) is 6.98. The number of aliphatic hydroxyl groups is 1. The minimum atomic E-state index is -0.185. The fourth-order valence-corrected chi connectivity index (χ4v) is 3.63. The second-order valence-electron chi connectivity index (χ2n) is 7.74. The van der Waals surface area contributed by atoms with E-state index in [2.05, 4.69) is 58.1 Å². The molecule has 2 aliphatic carbocycles. The highest BCUT2D eigenvalue weighted by Gasteiger charge is 2.32. The van der Waals surface area contributed by atoms with E-state index in [1.807, 2.05) is 0 Å². The SMILES string of the molecule is C/C=C\CCC.CCCCC(O)C1(C)C=CC(C2CCCC2)=CC1. The van der Waals surface area contributed by atoms with Crippen LogP contribution in [0.25, 0.3) is 0 Å². The van der Waals surface area contributed by atoms with Gasteiger partial charge in [0.1, 0.15) is 0 Å². The van der Waals surface area contributed by atoms with Gasteiger partial charge in [0.25, 0.3) is 0 Å². The zero-order chi connectivity index (χ0) is 17.8. The molecule has 1 nitrogen and oxygen atoms in total. The van der Waals surface area contributed by atoms with Gasteiger partial charge in [-0.3, -0.25) is 0 Å². The van der Waals surface area contributed by atoms with Gasteiger partial charge in [0.15, 0.2) is 0 Å². The number of hydrogen-bond donors (Lipinski definition) is 1. The van der Waals surface area contributed by atoms with E-state index >= 15 is 0 Å². The summed E-state index contributed by atoms with van der Waals surface area (Å²) in [5.41, 5.74) is 1.50. The molecule has 138 valence electrons. The first kappa shape index (κ1) is 21.2. The largest absolute Gasteiger partial charge is 0.392 e. The highest BCUT2D eigenvalue weighted by Crippen LogP contribution is 2.40. The quantitative estimate of drug-likeness (QED) is 0.498. The van der Waals surface area contributed by atoms with Crippen LogP contribution in [-0.2, 0) is 0 Å². The van der Waals surface area contributed by atoms with Crippen molar-refractivity contribution in [1.29, 1.82) is 0 Å². The fourth-order valence-electron chi connectivity index (χ4n) is 3.63. The van der Waals surface area contributed by atoms with Crippen LogP contribution in [0.1, 0.15) is 91.9 Å². The second-order valence-corrected chi connectivity index (χ2v) is 7.74. The van der Waals surface area contributed by atoms with Gasteiger partial charge in [-0.1, -0.05) is 83.3 Å². The van der Waals surface area contributed by atoms with Crippen molar-refractivity contribution < 1.29 is 5.11 Å².